The predicted molar refractivity (Wildman–Crippen MR) is 107 cm³/mol. The quantitative estimate of drug-likeness (QED) is 0.681. The number of benzene rings is 2. The molecule has 1 aliphatic heterocycles. The van der Waals surface area contributed by atoms with E-state index in [9.17, 15) is 9.18 Å². The smallest absolute Gasteiger partial charge is 0.319 e. The van der Waals surface area contributed by atoms with Gasteiger partial charge in [0.1, 0.15) is 23.4 Å². The van der Waals surface area contributed by atoms with Crippen molar-refractivity contribution in [1.82, 2.24) is 10.2 Å². The first kappa shape index (κ1) is 19.9. The molecule has 150 valence electrons. The van der Waals surface area contributed by atoms with Gasteiger partial charge in [0, 0.05) is 31.4 Å². The van der Waals surface area contributed by atoms with Crippen molar-refractivity contribution in [3.8, 4) is 11.5 Å². The fraction of sp³-hybridized carbons (Fsp3) is 0.381. The number of amides is 2. The normalized spacial score (nSPS) is 16.6. The summed E-state index contributed by atoms with van der Waals surface area (Å²) in [6.45, 7) is 3.29. The van der Waals surface area contributed by atoms with E-state index < -0.39 is 0 Å². The number of nitrogens with one attached hydrogen (secondary N) is 2. The lowest BCUT2D eigenvalue weighted by Gasteiger charge is -2.17. The van der Waals surface area contributed by atoms with Crippen LogP contribution in [0.25, 0.3) is 0 Å². The number of anilines is 1. The average molecular weight is 387 g/mol. The zero-order valence-corrected chi connectivity index (χ0v) is 16.0. The van der Waals surface area contributed by atoms with Crippen LogP contribution in [0.2, 0.25) is 0 Å². The maximum Gasteiger partial charge on any atom is 0.319 e. The van der Waals surface area contributed by atoms with Crippen LogP contribution >= 0.6 is 0 Å². The SMILES string of the molecule is COc1cccc(NC(=O)NCCCN2CCC(Oc3ccc(F)cc3)C2)c1. The van der Waals surface area contributed by atoms with Crippen molar-refractivity contribution < 1.29 is 18.7 Å². The molecule has 0 aromatic heterocycles. The zero-order chi connectivity index (χ0) is 19.8. The summed E-state index contributed by atoms with van der Waals surface area (Å²) in [7, 11) is 1.59. The van der Waals surface area contributed by atoms with Crippen molar-refractivity contribution in [2.24, 2.45) is 0 Å². The summed E-state index contributed by atoms with van der Waals surface area (Å²) in [4.78, 5) is 14.3. The second-order valence-corrected chi connectivity index (χ2v) is 6.75. The van der Waals surface area contributed by atoms with Crippen molar-refractivity contribution in [2.45, 2.75) is 18.9 Å². The Morgan fingerprint density at radius 2 is 2.04 bits per heavy atom. The number of ether oxygens (including phenoxy) is 2. The number of hydrogen-bond acceptors (Lipinski definition) is 4. The fourth-order valence-electron chi connectivity index (χ4n) is 3.18. The summed E-state index contributed by atoms with van der Waals surface area (Å²) in [5.74, 6) is 1.14. The lowest BCUT2D eigenvalue weighted by Crippen LogP contribution is -2.32. The number of likely N-dealkylation sites (tertiary alicyclic amines) is 1. The van der Waals surface area contributed by atoms with E-state index in [1.54, 1.807) is 25.3 Å². The van der Waals surface area contributed by atoms with Crippen LogP contribution in [-0.2, 0) is 0 Å². The first-order chi connectivity index (χ1) is 13.6. The van der Waals surface area contributed by atoms with Gasteiger partial charge in [0.25, 0.3) is 0 Å². The van der Waals surface area contributed by atoms with Gasteiger partial charge in [-0.05, 0) is 55.8 Å². The van der Waals surface area contributed by atoms with Crippen molar-refractivity contribution in [3.63, 3.8) is 0 Å². The molecule has 1 unspecified atom stereocenters. The fourth-order valence-corrected chi connectivity index (χ4v) is 3.18. The van der Waals surface area contributed by atoms with Gasteiger partial charge in [-0.25, -0.2) is 9.18 Å². The van der Waals surface area contributed by atoms with Crippen LogP contribution in [0, 0.1) is 5.82 Å². The van der Waals surface area contributed by atoms with Gasteiger partial charge in [-0.15, -0.1) is 0 Å². The first-order valence-corrected chi connectivity index (χ1v) is 9.46. The Morgan fingerprint density at radius 1 is 1.21 bits per heavy atom. The van der Waals surface area contributed by atoms with Gasteiger partial charge in [-0.1, -0.05) is 6.07 Å². The molecule has 1 atom stereocenters. The Kier molecular flexibility index (Phi) is 7.08. The van der Waals surface area contributed by atoms with E-state index in [-0.39, 0.29) is 18.0 Å². The third-order valence-corrected chi connectivity index (χ3v) is 4.61. The number of carbonyl (C=O) groups is 1. The highest BCUT2D eigenvalue weighted by atomic mass is 19.1. The average Bonchev–Trinajstić information content (AvgIpc) is 3.14. The molecule has 7 heteroatoms. The summed E-state index contributed by atoms with van der Waals surface area (Å²) in [5.41, 5.74) is 0.692. The van der Waals surface area contributed by atoms with E-state index in [1.165, 1.54) is 12.1 Å². The highest BCUT2D eigenvalue weighted by molar-refractivity contribution is 5.89. The monoisotopic (exact) mass is 387 g/mol. The summed E-state index contributed by atoms with van der Waals surface area (Å²) < 4.78 is 24.0. The highest BCUT2D eigenvalue weighted by Crippen LogP contribution is 2.19. The van der Waals surface area contributed by atoms with Crippen molar-refractivity contribution in [3.05, 3.63) is 54.3 Å². The third-order valence-electron chi connectivity index (χ3n) is 4.61. The van der Waals surface area contributed by atoms with E-state index >= 15 is 0 Å². The Bertz CT molecular complexity index is 770. The molecule has 0 radical (unpaired) electrons. The van der Waals surface area contributed by atoms with Gasteiger partial charge < -0.3 is 20.1 Å². The van der Waals surface area contributed by atoms with Crippen molar-refractivity contribution in [1.29, 1.82) is 0 Å². The summed E-state index contributed by atoms with van der Waals surface area (Å²) in [5, 5.41) is 5.66. The van der Waals surface area contributed by atoms with Crippen LogP contribution in [0.1, 0.15) is 12.8 Å². The van der Waals surface area contributed by atoms with Gasteiger partial charge in [0.05, 0.1) is 7.11 Å². The Balaban J connectivity index is 1.31. The molecule has 28 heavy (non-hydrogen) atoms. The standard InChI is InChI=1S/C21H26FN3O3/c1-27-19-5-2-4-17(14-19)24-21(26)23-11-3-12-25-13-10-20(15-25)28-18-8-6-16(22)7-9-18/h2,4-9,14,20H,3,10-13,15H2,1H3,(H2,23,24,26). The second-order valence-electron chi connectivity index (χ2n) is 6.75. The minimum absolute atomic E-state index is 0.120. The Hall–Kier alpha value is -2.80. The van der Waals surface area contributed by atoms with Crippen LogP contribution in [0.4, 0.5) is 14.9 Å². The Labute approximate surface area is 164 Å². The van der Waals surface area contributed by atoms with E-state index in [0.29, 0.717) is 23.7 Å². The van der Waals surface area contributed by atoms with Crippen LogP contribution in [0.3, 0.4) is 0 Å². The molecule has 0 spiro atoms. The molecule has 2 N–H and O–H groups in total. The van der Waals surface area contributed by atoms with Crippen LogP contribution in [-0.4, -0.2) is 50.3 Å². The number of methoxy groups -OCH3 is 1. The molecule has 1 saturated heterocycles. The number of hydrogen-bond donors (Lipinski definition) is 2. The molecule has 1 fully saturated rings. The van der Waals surface area contributed by atoms with Gasteiger partial charge in [-0.2, -0.15) is 0 Å². The topological polar surface area (TPSA) is 62.8 Å². The molecule has 2 aromatic rings. The number of rotatable bonds is 8. The summed E-state index contributed by atoms with van der Waals surface area (Å²) >= 11 is 0. The van der Waals surface area contributed by atoms with Gasteiger partial charge in [0.15, 0.2) is 0 Å². The van der Waals surface area contributed by atoms with E-state index in [2.05, 4.69) is 15.5 Å². The van der Waals surface area contributed by atoms with Crippen molar-refractivity contribution >= 4 is 11.7 Å². The molecular weight excluding hydrogens is 361 g/mol. The van der Waals surface area contributed by atoms with Gasteiger partial charge in [0.2, 0.25) is 0 Å². The van der Waals surface area contributed by atoms with Crippen LogP contribution in [0.15, 0.2) is 48.5 Å². The van der Waals surface area contributed by atoms with E-state index in [1.807, 2.05) is 18.2 Å². The maximum absolute atomic E-state index is 12.9. The van der Waals surface area contributed by atoms with E-state index in [4.69, 9.17) is 9.47 Å². The molecule has 2 amide bonds. The molecule has 0 saturated carbocycles. The summed E-state index contributed by atoms with van der Waals surface area (Å²) in [6.07, 6.45) is 1.92. The first-order valence-electron chi connectivity index (χ1n) is 9.46. The number of halogens is 1. The van der Waals surface area contributed by atoms with Crippen LogP contribution in [0.5, 0.6) is 11.5 Å². The lowest BCUT2D eigenvalue weighted by atomic mass is 10.3. The molecule has 0 aliphatic carbocycles. The molecule has 0 bridgehead atoms. The molecular formula is C21H26FN3O3. The molecule has 1 aliphatic rings. The van der Waals surface area contributed by atoms with Crippen LogP contribution < -0.4 is 20.1 Å². The lowest BCUT2D eigenvalue weighted by molar-refractivity contribution is 0.199. The Morgan fingerprint density at radius 3 is 2.82 bits per heavy atom. The maximum atomic E-state index is 12.9. The number of nitrogens with zero attached hydrogens (tertiary/aromatic N) is 1. The molecule has 6 nitrogen and oxygen atoms in total. The summed E-state index contributed by atoms with van der Waals surface area (Å²) in [6, 6.07) is 13.1. The molecule has 2 aromatic carbocycles. The van der Waals surface area contributed by atoms with Gasteiger partial charge >= 0.3 is 6.03 Å². The number of urea groups is 1. The molecule has 1 heterocycles. The third kappa shape index (κ3) is 6.13. The van der Waals surface area contributed by atoms with E-state index in [0.717, 1.165) is 32.5 Å². The minimum Gasteiger partial charge on any atom is -0.497 e. The van der Waals surface area contributed by atoms with Gasteiger partial charge in [-0.3, -0.25) is 4.90 Å². The zero-order valence-electron chi connectivity index (χ0n) is 16.0. The van der Waals surface area contributed by atoms with Crippen molar-refractivity contribution in [2.75, 3.05) is 38.6 Å². The second kappa shape index (κ2) is 9.94. The molecule has 3 rings (SSSR count). The minimum atomic E-state index is -0.261. The largest absolute Gasteiger partial charge is 0.497 e. The highest BCUT2D eigenvalue weighted by Gasteiger charge is 2.23. The number of carbonyl (C=O) groups excluding carboxylic acids is 1. The predicted octanol–water partition coefficient (Wildman–Crippen LogP) is 3.50.